The zero-order chi connectivity index (χ0) is 22.8. The van der Waals surface area contributed by atoms with Crippen LogP contribution < -0.4 is 4.74 Å². The molecule has 0 aliphatic carbocycles. The largest absolute Gasteiger partial charge is 0.507 e. The molecule has 1 unspecified atom stereocenters. The third-order valence-corrected chi connectivity index (χ3v) is 5.64. The minimum Gasteiger partial charge on any atom is -0.507 e. The van der Waals surface area contributed by atoms with Crippen molar-refractivity contribution < 1.29 is 23.8 Å². The number of ketones is 1. The summed E-state index contributed by atoms with van der Waals surface area (Å²) in [6.07, 6.45) is 1.51. The van der Waals surface area contributed by atoms with Crippen molar-refractivity contribution in [1.29, 1.82) is 0 Å². The molecule has 1 aromatic heterocycles. The lowest BCUT2D eigenvalue weighted by Crippen LogP contribution is -2.29. The van der Waals surface area contributed by atoms with Crippen molar-refractivity contribution in [3.63, 3.8) is 0 Å². The third-order valence-electron chi connectivity index (χ3n) is 5.34. The molecule has 2 heterocycles. The predicted octanol–water partition coefficient (Wildman–Crippen LogP) is 5.26. The number of hydrogen-bond donors (Lipinski definition) is 1. The summed E-state index contributed by atoms with van der Waals surface area (Å²) >= 11 is 6.28. The number of aliphatic hydroxyl groups excluding tert-OH is 1. The Labute approximate surface area is 190 Å². The number of hydrogen-bond acceptors (Lipinski definition) is 5. The Bertz CT molecular complexity index is 1180. The molecule has 2 aromatic carbocycles. The summed E-state index contributed by atoms with van der Waals surface area (Å²) < 4.78 is 10.8. The zero-order valence-corrected chi connectivity index (χ0v) is 18.4. The Balaban J connectivity index is 1.84. The molecular weight excluding hydrogens is 430 g/mol. The number of carbonyl (C=O) groups is 2. The molecule has 1 saturated heterocycles. The topological polar surface area (TPSA) is 80.0 Å². The summed E-state index contributed by atoms with van der Waals surface area (Å²) in [6.45, 7) is 4.32. The summed E-state index contributed by atoms with van der Waals surface area (Å²) in [5.74, 6) is -0.747. The van der Waals surface area contributed by atoms with Gasteiger partial charge in [-0.1, -0.05) is 41.4 Å². The van der Waals surface area contributed by atoms with E-state index < -0.39 is 17.7 Å². The van der Waals surface area contributed by atoms with Crippen molar-refractivity contribution in [2.24, 2.45) is 0 Å². The van der Waals surface area contributed by atoms with Crippen LogP contribution in [0.1, 0.15) is 35.4 Å². The Hall–Kier alpha value is -3.51. The minimum absolute atomic E-state index is 0.00522. The summed E-state index contributed by atoms with van der Waals surface area (Å²) in [4.78, 5) is 27.5. The fourth-order valence-corrected chi connectivity index (χ4v) is 4.02. The highest BCUT2D eigenvalue weighted by molar-refractivity contribution is 6.46. The summed E-state index contributed by atoms with van der Waals surface area (Å²) in [7, 11) is 0. The number of aliphatic hydroxyl groups is 1. The first-order valence-corrected chi connectivity index (χ1v) is 10.6. The van der Waals surface area contributed by atoms with Crippen molar-refractivity contribution in [2.75, 3.05) is 6.61 Å². The molecule has 1 aliphatic heterocycles. The van der Waals surface area contributed by atoms with Gasteiger partial charge >= 0.3 is 0 Å². The number of ether oxygens (including phenoxy) is 1. The molecule has 6 nitrogen and oxygen atoms in total. The van der Waals surface area contributed by atoms with E-state index in [2.05, 4.69) is 0 Å². The Kier molecular flexibility index (Phi) is 6.06. The summed E-state index contributed by atoms with van der Waals surface area (Å²) in [6, 6.07) is 14.9. The molecular formula is C25H22ClNO5. The van der Waals surface area contributed by atoms with Crippen LogP contribution in [0.25, 0.3) is 5.76 Å². The molecule has 32 heavy (non-hydrogen) atoms. The zero-order valence-electron chi connectivity index (χ0n) is 17.7. The lowest BCUT2D eigenvalue weighted by molar-refractivity contribution is -0.140. The number of nitrogens with zero attached hydrogens (tertiary/aromatic N) is 1. The lowest BCUT2D eigenvalue weighted by atomic mass is 9.94. The molecule has 0 saturated carbocycles. The van der Waals surface area contributed by atoms with Crippen LogP contribution in [0.15, 0.2) is 70.9 Å². The van der Waals surface area contributed by atoms with Crippen LogP contribution in [0.2, 0.25) is 5.02 Å². The molecule has 3 aromatic rings. The van der Waals surface area contributed by atoms with E-state index in [9.17, 15) is 14.7 Å². The number of rotatable bonds is 6. The van der Waals surface area contributed by atoms with E-state index in [0.717, 1.165) is 5.56 Å². The van der Waals surface area contributed by atoms with E-state index in [-0.39, 0.29) is 17.9 Å². The number of likely N-dealkylation sites (tertiary alicyclic amines) is 1. The molecule has 0 spiro atoms. The minimum atomic E-state index is -0.772. The van der Waals surface area contributed by atoms with E-state index in [4.69, 9.17) is 20.8 Å². The van der Waals surface area contributed by atoms with E-state index in [1.807, 2.05) is 38.1 Å². The van der Waals surface area contributed by atoms with Crippen LogP contribution in [-0.2, 0) is 16.1 Å². The molecule has 0 radical (unpaired) electrons. The summed E-state index contributed by atoms with van der Waals surface area (Å²) in [5.41, 5.74) is 2.08. The quantitative estimate of drug-likeness (QED) is 0.314. The normalized spacial score (nSPS) is 17.7. The number of aryl methyl sites for hydroxylation is 1. The van der Waals surface area contributed by atoms with Gasteiger partial charge in [-0.25, -0.2) is 0 Å². The molecule has 1 N–H and O–H groups in total. The van der Waals surface area contributed by atoms with Crippen LogP contribution in [-0.4, -0.2) is 28.3 Å². The number of halogens is 1. The molecule has 7 heteroatoms. The van der Waals surface area contributed by atoms with Crippen molar-refractivity contribution in [3.05, 3.63) is 93.9 Å². The highest BCUT2D eigenvalue weighted by atomic mass is 35.5. The number of furan rings is 1. The first-order chi connectivity index (χ1) is 15.4. The maximum Gasteiger partial charge on any atom is 0.296 e. The van der Waals surface area contributed by atoms with Crippen molar-refractivity contribution in [2.45, 2.75) is 26.4 Å². The molecule has 4 rings (SSSR count). The van der Waals surface area contributed by atoms with Gasteiger partial charge in [-0.05, 0) is 49.7 Å². The molecule has 164 valence electrons. The predicted molar refractivity (Wildman–Crippen MR) is 120 cm³/mol. The number of benzene rings is 2. The monoisotopic (exact) mass is 451 g/mol. The van der Waals surface area contributed by atoms with Crippen LogP contribution >= 0.6 is 11.6 Å². The highest BCUT2D eigenvalue weighted by Gasteiger charge is 2.46. The second kappa shape index (κ2) is 8.93. The Morgan fingerprint density at radius 1 is 1.16 bits per heavy atom. The second-order valence-electron chi connectivity index (χ2n) is 7.50. The summed E-state index contributed by atoms with van der Waals surface area (Å²) in [5, 5.41) is 11.4. The van der Waals surface area contributed by atoms with Crippen LogP contribution in [0.3, 0.4) is 0 Å². The van der Waals surface area contributed by atoms with Gasteiger partial charge in [0.25, 0.3) is 11.7 Å². The smallest absolute Gasteiger partial charge is 0.296 e. The van der Waals surface area contributed by atoms with Gasteiger partial charge in [0.2, 0.25) is 0 Å². The van der Waals surface area contributed by atoms with E-state index in [0.29, 0.717) is 34.3 Å². The number of Topliss-reactive ketones (excluding diaryl/α,β-unsaturated/α-hetero) is 1. The van der Waals surface area contributed by atoms with E-state index in [1.54, 1.807) is 24.3 Å². The molecule has 0 bridgehead atoms. The van der Waals surface area contributed by atoms with Crippen molar-refractivity contribution in [1.82, 2.24) is 4.90 Å². The maximum absolute atomic E-state index is 13.1. The Morgan fingerprint density at radius 2 is 1.91 bits per heavy atom. The second-order valence-corrected chi connectivity index (χ2v) is 7.90. The number of carbonyl (C=O) groups excluding carboxylic acids is 2. The fourth-order valence-electron chi connectivity index (χ4n) is 3.79. The van der Waals surface area contributed by atoms with Gasteiger partial charge in [-0.15, -0.1) is 0 Å². The van der Waals surface area contributed by atoms with Crippen LogP contribution in [0.4, 0.5) is 0 Å². The number of amides is 1. The SMILES string of the molecule is CCOc1ccc(/C(O)=C2/C(=O)C(=O)N(Cc3ccco3)C2c2ccc(C)cc2)cc1Cl. The van der Waals surface area contributed by atoms with Gasteiger partial charge in [-0.3, -0.25) is 9.59 Å². The van der Waals surface area contributed by atoms with Crippen LogP contribution in [0.5, 0.6) is 5.75 Å². The van der Waals surface area contributed by atoms with Gasteiger partial charge in [-0.2, -0.15) is 0 Å². The standard InChI is InChI=1S/C25H22ClNO5/c1-3-31-20-11-10-17(13-19(20)26)23(28)21-22(16-8-6-15(2)7-9-16)27(25(30)24(21)29)14-18-5-4-12-32-18/h4-13,22,28H,3,14H2,1-2H3/b23-21-. The fraction of sp³-hybridized carbons (Fsp3) is 0.200. The average molecular weight is 452 g/mol. The first-order valence-electron chi connectivity index (χ1n) is 10.2. The van der Waals surface area contributed by atoms with E-state index in [1.165, 1.54) is 17.2 Å². The third kappa shape index (κ3) is 4.01. The first kappa shape index (κ1) is 21.7. The lowest BCUT2D eigenvalue weighted by Gasteiger charge is -2.24. The van der Waals surface area contributed by atoms with Gasteiger partial charge < -0.3 is 19.2 Å². The Morgan fingerprint density at radius 3 is 2.53 bits per heavy atom. The maximum atomic E-state index is 13.1. The molecule has 1 atom stereocenters. The van der Waals surface area contributed by atoms with Crippen molar-refractivity contribution >= 4 is 29.1 Å². The average Bonchev–Trinajstić information content (AvgIpc) is 3.38. The van der Waals surface area contributed by atoms with Crippen LogP contribution in [0, 0.1) is 6.92 Å². The molecule has 1 aliphatic rings. The van der Waals surface area contributed by atoms with Gasteiger partial charge in [0.15, 0.2) is 0 Å². The molecule has 1 amide bonds. The van der Waals surface area contributed by atoms with Crippen molar-refractivity contribution in [3.8, 4) is 5.75 Å². The highest BCUT2D eigenvalue weighted by Crippen LogP contribution is 2.41. The molecule has 1 fully saturated rings. The van der Waals surface area contributed by atoms with Gasteiger partial charge in [0.1, 0.15) is 17.3 Å². The van der Waals surface area contributed by atoms with Gasteiger partial charge in [0.05, 0.1) is 36.1 Å². The van der Waals surface area contributed by atoms with E-state index >= 15 is 0 Å². The van der Waals surface area contributed by atoms with Gasteiger partial charge in [0, 0.05) is 5.56 Å².